The number of para-hydroxylation sites is 1. The van der Waals surface area contributed by atoms with Crippen LogP contribution in [0.15, 0.2) is 48.5 Å². The zero-order valence-electron chi connectivity index (χ0n) is 14.6. The molecule has 0 aliphatic rings. The van der Waals surface area contributed by atoms with Gasteiger partial charge < -0.3 is 10.1 Å². The second-order valence-electron chi connectivity index (χ2n) is 5.67. The molecular weight excluding hydrogens is 359 g/mol. The molecule has 0 saturated carbocycles. The van der Waals surface area contributed by atoms with Crippen LogP contribution >= 0.6 is 0 Å². The van der Waals surface area contributed by atoms with E-state index >= 15 is 0 Å². The number of amides is 1. The highest BCUT2D eigenvalue weighted by Gasteiger charge is 2.18. The van der Waals surface area contributed by atoms with Crippen molar-refractivity contribution in [3.05, 3.63) is 54.3 Å². The van der Waals surface area contributed by atoms with Gasteiger partial charge in [-0.25, -0.2) is 12.8 Å². The summed E-state index contributed by atoms with van der Waals surface area (Å²) in [5.41, 5.74) is 0.562. The summed E-state index contributed by atoms with van der Waals surface area (Å²) in [5.74, 6) is -0.363. The Kier molecular flexibility index (Phi) is 6.57. The van der Waals surface area contributed by atoms with Crippen LogP contribution in [0.5, 0.6) is 5.75 Å². The van der Waals surface area contributed by atoms with E-state index < -0.39 is 15.8 Å². The molecule has 0 saturated heterocycles. The fraction of sp³-hybridized carbons (Fsp3) is 0.278. The Balaban J connectivity index is 1.99. The molecular formula is C18H21FN2O4S. The molecule has 0 aromatic heterocycles. The number of ether oxygens (including phenoxy) is 1. The van der Waals surface area contributed by atoms with Crippen molar-refractivity contribution in [2.75, 3.05) is 29.5 Å². The lowest BCUT2D eigenvalue weighted by Gasteiger charge is -2.22. The van der Waals surface area contributed by atoms with Crippen LogP contribution in [0.4, 0.5) is 15.8 Å². The van der Waals surface area contributed by atoms with Crippen LogP contribution < -0.4 is 14.4 Å². The van der Waals surface area contributed by atoms with Crippen molar-refractivity contribution in [2.45, 2.75) is 12.8 Å². The van der Waals surface area contributed by atoms with Gasteiger partial charge in [0.05, 0.1) is 24.7 Å². The van der Waals surface area contributed by atoms with E-state index in [0.717, 1.165) is 6.26 Å². The van der Waals surface area contributed by atoms with E-state index in [9.17, 15) is 17.6 Å². The number of carbonyl (C=O) groups excluding carboxylic acids is 1. The molecule has 2 aromatic carbocycles. The van der Waals surface area contributed by atoms with E-state index in [1.807, 2.05) is 0 Å². The van der Waals surface area contributed by atoms with Gasteiger partial charge in [0.2, 0.25) is 15.9 Å². The Labute approximate surface area is 152 Å². The lowest BCUT2D eigenvalue weighted by atomic mass is 10.2. The third kappa shape index (κ3) is 5.45. The summed E-state index contributed by atoms with van der Waals surface area (Å²) in [4.78, 5) is 12.0. The first kappa shape index (κ1) is 19.7. The van der Waals surface area contributed by atoms with Crippen molar-refractivity contribution in [3.63, 3.8) is 0 Å². The van der Waals surface area contributed by atoms with Gasteiger partial charge in [-0.3, -0.25) is 9.10 Å². The highest BCUT2D eigenvalue weighted by atomic mass is 32.2. The number of sulfonamides is 1. The third-order valence-electron chi connectivity index (χ3n) is 3.65. The van der Waals surface area contributed by atoms with Gasteiger partial charge >= 0.3 is 0 Å². The molecule has 0 heterocycles. The number of benzene rings is 2. The van der Waals surface area contributed by atoms with Crippen LogP contribution in [0.2, 0.25) is 0 Å². The van der Waals surface area contributed by atoms with Gasteiger partial charge in [0.15, 0.2) is 0 Å². The fourth-order valence-electron chi connectivity index (χ4n) is 2.41. The fourth-order valence-corrected chi connectivity index (χ4v) is 3.37. The first-order valence-electron chi connectivity index (χ1n) is 7.97. The molecule has 26 heavy (non-hydrogen) atoms. The molecule has 2 rings (SSSR count). The molecule has 1 amide bonds. The largest absolute Gasteiger partial charge is 0.497 e. The highest BCUT2D eigenvalue weighted by Crippen LogP contribution is 2.23. The number of rotatable bonds is 8. The van der Waals surface area contributed by atoms with E-state index in [-0.39, 0.29) is 31.0 Å². The summed E-state index contributed by atoms with van der Waals surface area (Å²) in [5, 5.41) is 2.48. The number of halogens is 1. The monoisotopic (exact) mass is 380 g/mol. The molecule has 140 valence electrons. The molecule has 0 fully saturated rings. The molecule has 1 N–H and O–H groups in total. The molecule has 0 unspecified atom stereocenters. The van der Waals surface area contributed by atoms with Gasteiger partial charge in [-0.05, 0) is 30.7 Å². The van der Waals surface area contributed by atoms with Crippen LogP contribution in [0.1, 0.15) is 12.8 Å². The number of hydrogen-bond acceptors (Lipinski definition) is 4. The summed E-state index contributed by atoms with van der Waals surface area (Å²) in [6.45, 7) is 0.122. The van der Waals surface area contributed by atoms with Gasteiger partial charge in [-0.1, -0.05) is 18.2 Å². The number of hydrogen-bond donors (Lipinski definition) is 1. The smallest absolute Gasteiger partial charge is 0.232 e. The Morgan fingerprint density at radius 2 is 1.92 bits per heavy atom. The van der Waals surface area contributed by atoms with Crippen molar-refractivity contribution < 1.29 is 22.3 Å². The van der Waals surface area contributed by atoms with Crippen LogP contribution in [0.3, 0.4) is 0 Å². The summed E-state index contributed by atoms with van der Waals surface area (Å²) < 4.78 is 44.0. The van der Waals surface area contributed by atoms with Crippen LogP contribution in [0.25, 0.3) is 0 Å². The van der Waals surface area contributed by atoms with Crippen molar-refractivity contribution in [3.8, 4) is 5.75 Å². The SMILES string of the molecule is COc1cccc(N(CCCC(=O)Nc2ccccc2F)S(C)(=O)=O)c1. The number of nitrogens with zero attached hydrogens (tertiary/aromatic N) is 1. The average Bonchev–Trinajstić information content (AvgIpc) is 2.59. The lowest BCUT2D eigenvalue weighted by Crippen LogP contribution is -2.31. The topological polar surface area (TPSA) is 75.7 Å². The summed E-state index contributed by atoms with van der Waals surface area (Å²) >= 11 is 0. The van der Waals surface area contributed by atoms with E-state index in [4.69, 9.17) is 4.74 Å². The van der Waals surface area contributed by atoms with E-state index in [1.165, 1.54) is 29.6 Å². The molecule has 0 aliphatic carbocycles. The van der Waals surface area contributed by atoms with Gasteiger partial charge in [0.25, 0.3) is 0 Å². The molecule has 0 spiro atoms. The Morgan fingerprint density at radius 3 is 2.58 bits per heavy atom. The maximum Gasteiger partial charge on any atom is 0.232 e. The number of nitrogens with one attached hydrogen (secondary N) is 1. The second-order valence-corrected chi connectivity index (χ2v) is 7.57. The van der Waals surface area contributed by atoms with E-state index in [1.54, 1.807) is 30.3 Å². The first-order valence-corrected chi connectivity index (χ1v) is 9.82. The maximum atomic E-state index is 13.5. The standard InChI is InChI=1S/C18H21FN2O4S/c1-25-15-8-5-7-14(13-15)21(26(2,23)24)12-6-11-18(22)20-17-10-4-3-9-16(17)19/h3-5,7-10,13H,6,11-12H2,1-2H3,(H,20,22). The van der Waals surface area contributed by atoms with Crippen LogP contribution in [-0.2, 0) is 14.8 Å². The molecule has 0 aliphatic heterocycles. The predicted molar refractivity (Wildman–Crippen MR) is 99.4 cm³/mol. The van der Waals surface area contributed by atoms with Crippen molar-refractivity contribution >= 4 is 27.3 Å². The molecule has 0 bridgehead atoms. The van der Waals surface area contributed by atoms with Gasteiger partial charge in [0.1, 0.15) is 11.6 Å². The minimum absolute atomic E-state index is 0.0598. The summed E-state index contributed by atoms with van der Waals surface area (Å²) in [6, 6.07) is 12.5. The number of anilines is 2. The predicted octanol–water partition coefficient (Wildman–Crippen LogP) is 3.02. The maximum absolute atomic E-state index is 13.5. The molecule has 0 atom stereocenters. The third-order valence-corrected chi connectivity index (χ3v) is 4.85. The minimum atomic E-state index is -3.52. The first-order chi connectivity index (χ1) is 12.3. The van der Waals surface area contributed by atoms with Crippen molar-refractivity contribution in [1.82, 2.24) is 0 Å². The van der Waals surface area contributed by atoms with Gasteiger partial charge in [-0.2, -0.15) is 0 Å². The van der Waals surface area contributed by atoms with E-state index in [2.05, 4.69) is 5.32 Å². The van der Waals surface area contributed by atoms with E-state index in [0.29, 0.717) is 11.4 Å². The highest BCUT2D eigenvalue weighted by molar-refractivity contribution is 7.92. The molecule has 6 nitrogen and oxygen atoms in total. The lowest BCUT2D eigenvalue weighted by molar-refractivity contribution is -0.116. The summed E-state index contributed by atoms with van der Waals surface area (Å²) in [6.07, 6.45) is 1.45. The average molecular weight is 380 g/mol. The Hall–Kier alpha value is -2.61. The Morgan fingerprint density at radius 1 is 1.19 bits per heavy atom. The van der Waals surface area contributed by atoms with Crippen molar-refractivity contribution in [1.29, 1.82) is 0 Å². The van der Waals surface area contributed by atoms with Gasteiger partial charge in [0, 0.05) is 19.0 Å². The minimum Gasteiger partial charge on any atom is -0.497 e. The number of methoxy groups -OCH3 is 1. The molecule has 2 aromatic rings. The zero-order chi connectivity index (χ0) is 19.2. The van der Waals surface area contributed by atoms with Crippen LogP contribution in [-0.4, -0.2) is 34.2 Å². The summed E-state index contributed by atoms with van der Waals surface area (Å²) in [7, 11) is -2.02. The quantitative estimate of drug-likeness (QED) is 0.764. The molecule has 8 heteroatoms. The van der Waals surface area contributed by atoms with Crippen LogP contribution in [0, 0.1) is 5.82 Å². The van der Waals surface area contributed by atoms with Crippen molar-refractivity contribution in [2.24, 2.45) is 0 Å². The Bertz CT molecular complexity index is 871. The molecule has 0 radical (unpaired) electrons. The normalized spacial score (nSPS) is 11.0. The zero-order valence-corrected chi connectivity index (χ0v) is 15.4. The second kappa shape index (κ2) is 8.66. The van der Waals surface area contributed by atoms with Gasteiger partial charge in [-0.15, -0.1) is 0 Å². The number of carbonyl (C=O) groups is 1.